The van der Waals surface area contributed by atoms with Gasteiger partial charge in [-0.25, -0.2) is 0 Å². The second kappa shape index (κ2) is 9.94. The van der Waals surface area contributed by atoms with Crippen LogP contribution in [0.25, 0.3) is 5.69 Å². The molecule has 3 aromatic rings. The third kappa shape index (κ3) is 4.93. The Bertz CT molecular complexity index is 1030. The Labute approximate surface area is 186 Å². The second-order valence-corrected chi connectivity index (χ2v) is 8.31. The first-order chi connectivity index (χ1) is 14.4. The fourth-order valence-electron chi connectivity index (χ4n) is 3.00. The van der Waals surface area contributed by atoms with Crippen molar-refractivity contribution in [2.75, 3.05) is 20.3 Å². The first-order valence-electron chi connectivity index (χ1n) is 9.20. The van der Waals surface area contributed by atoms with Gasteiger partial charge in [0.25, 0.3) is 0 Å². The number of nitro groups is 1. The Morgan fingerprint density at radius 1 is 1.27 bits per heavy atom. The molecule has 0 fully saturated rings. The van der Waals surface area contributed by atoms with Crippen LogP contribution in [0.4, 0.5) is 0 Å². The Kier molecular flexibility index (Phi) is 7.33. The van der Waals surface area contributed by atoms with Crippen molar-refractivity contribution in [3.05, 3.63) is 68.4 Å². The minimum absolute atomic E-state index is 0.282. The van der Waals surface area contributed by atoms with Gasteiger partial charge < -0.3 is 9.47 Å². The molecule has 0 aliphatic rings. The number of ether oxygens (including phenoxy) is 2. The van der Waals surface area contributed by atoms with Crippen LogP contribution < -0.4 is 9.47 Å². The van der Waals surface area contributed by atoms with Gasteiger partial charge in [0.1, 0.15) is 11.1 Å². The lowest BCUT2D eigenvalue weighted by molar-refractivity contribution is -0.479. The van der Waals surface area contributed by atoms with Gasteiger partial charge in [0.2, 0.25) is 6.54 Å². The van der Waals surface area contributed by atoms with Crippen LogP contribution in [0.1, 0.15) is 23.6 Å². The van der Waals surface area contributed by atoms with Crippen LogP contribution in [-0.2, 0) is 0 Å². The maximum atomic E-state index is 11.4. The monoisotopic (exact) mass is 492 g/mol. The number of rotatable bonds is 9. The standard InChI is InChI=1S/C20H21BrN4O4S/c1-4-29-17-11-14(10-16(21)19(17)28-3)18(12-24(26)27)30-20-23-22-13(2)25(20)15-8-6-5-7-9-15/h5-11,18H,4,12H2,1-3H3/t18-/m1/s1. The molecule has 1 atom stereocenters. The van der Waals surface area contributed by atoms with E-state index in [1.54, 1.807) is 13.2 Å². The summed E-state index contributed by atoms with van der Waals surface area (Å²) in [6.07, 6.45) is 0. The number of methoxy groups -OCH3 is 1. The Morgan fingerprint density at radius 3 is 2.63 bits per heavy atom. The summed E-state index contributed by atoms with van der Waals surface area (Å²) in [5.74, 6) is 1.78. The van der Waals surface area contributed by atoms with E-state index in [2.05, 4.69) is 26.1 Å². The molecule has 10 heteroatoms. The molecule has 1 aromatic heterocycles. The number of halogens is 1. The molecule has 0 N–H and O–H groups in total. The number of para-hydroxylation sites is 1. The number of hydrogen-bond acceptors (Lipinski definition) is 7. The first kappa shape index (κ1) is 22.1. The van der Waals surface area contributed by atoms with Crippen molar-refractivity contribution in [2.24, 2.45) is 0 Å². The number of hydrogen-bond donors (Lipinski definition) is 0. The molecule has 158 valence electrons. The van der Waals surface area contributed by atoms with E-state index in [1.807, 2.05) is 54.8 Å². The first-order valence-corrected chi connectivity index (χ1v) is 10.9. The molecule has 0 bridgehead atoms. The van der Waals surface area contributed by atoms with E-state index in [4.69, 9.17) is 9.47 Å². The zero-order chi connectivity index (χ0) is 21.7. The van der Waals surface area contributed by atoms with Gasteiger partial charge in [0, 0.05) is 10.6 Å². The molecule has 0 saturated heterocycles. The molecular formula is C20H21BrN4O4S. The average Bonchev–Trinajstić information content (AvgIpc) is 3.08. The zero-order valence-corrected chi connectivity index (χ0v) is 19.1. The van der Waals surface area contributed by atoms with E-state index >= 15 is 0 Å². The summed E-state index contributed by atoms with van der Waals surface area (Å²) in [5, 5.41) is 20.0. The molecule has 0 amide bonds. The lowest BCUT2D eigenvalue weighted by Gasteiger charge is -2.18. The number of benzene rings is 2. The molecule has 0 saturated carbocycles. The van der Waals surface area contributed by atoms with Crippen molar-refractivity contribution in [1.82, 2.24) is 14.8 Å². The van der Waals surface area contributed by atoms with Crippen LogP contribution in [0.3, 0.4) is 0 Å². The molecule has 1 heterocycles. The van der Waals surface area contributed by atoms with Crippen molar-refractivity contribution in [3.63, 3.8) is 0 Å². The third-order valence-corrected chi connectivity index (χ3v) is 6.05. The predicted octanol–water partition coefficient (Wildman–Crippen LogP) is 4.86. The fourth-order valence-corrected chi connectivity index (χ4v) is 4.78. The van der Waals surface area contributed by atoms with E-state index in [1.165, 1.54) is 11.8 Å². The molecule has 0 aliphatic carbocycles. The van der Waals surface area contributed by atoms with Crippen molar-refractivity contribution in [2.45, 2.75) is 24.3 Å². The molecule has 0 spiro atoms. The summed E-state index contributed by atoms with van der Waals surface area (Å²) in [6.45, 7) is 3.88. The highest BCUT2D eigenvalue weighted by atomic mass is 79.9. The molecule has 0 radical (unpaired) electrons. The highest BCUT2D eigenvalue weighted by molar-refractivity contribution is 9.10. The molecule has 8 nitrogen and oxygen atoms in total. The highest BCUT2D eigenvalue weighted by Crippen LogP contribution is 2.43. The second-order valence-electron chi connectivity index (χ2n) is 6.29. The predicted molar refractivity (Wildman–Crippen MR) is 118 cm³/mol. The zero-order valence-electron chi connectivity index (χ0n) is 16.7. The summed E-state index contributed by atoms with van der Waals surface area (Å²) in [5.41, 5.74) is 1.63. The van der Waals surface area contributed by atoms with Crippen LogP contribution in [0.15, 0.2) is 52.1 Å². The number of nitrogens with zero attached hydrogens (tertiary/aromatic N) is 4. The van der Waals surface area contributed by atoms with E-state index in [-0.39, 0.29) is 11.5 Å². The number of thioether (sulfide) groups is 1. The Balaban J connectivity index is 2.03. The summed E-state index contributed by atoms with van der Waals surface area (Å²) < 4.78 is 13.6. The highest BCUT2D eigenvalue weighted by Gasteiger charge is 2.26. The fraction of sp³-hybridized carbons (Fsp3) is 0.300. The minimum Gasteiger partial charge on any atom is -0.492 e. The molecule has 0 unspecified atom stereocenters. The van der Waals surface area contributed by atoms with Gasteiger partial charge in [0.15, 0.2) is 16.7 Å². The van der Waals surface area contributed by atoms with Crippen molar-refractivity contribution in [3.8, 4) is 17.2 Å². The number of aryl methyl sites for hydroxylation is 1. The topological polar surface area (TPSA) is 92.3 Å². The minimum atomic E-state index is -0.507. The molecular weight excluding hydrogens is 472 g/mol. The smallest absolute Gasteiger partial charge is 0.220 e. The average molecular weight is 493 g/mol. The van der Waals surface area contributed by atoms with Crippen molar-refractivity contribution in [1.29, 1.82) is 0 Å². The Hall–Kier alpha value is -2.59. The summed E-state index contributed by atoms with van der Waals surface area (Å²) in [4.78, 5) is 11.1. The third-order valence-electron chi connectivity index (χ3n) is 4.28. The normalized spacial score (nSPS) is 11.9. The molecule has 0 aliphatic heterocycles. The van der Waals surface area contributed by atoms with Crippen LogP contribution in [0.5, 0.6) is 11.5 Å². The van der Waals surface area contributed by atoms with E-state index in [0.717, 1.165) is 11.3 Å². The van der Waals surface area contributed by atoms with Crippen LogP contribution in [-0.4, -0.2) is 39.9 Å². The van der Waals surface area contributed by atoms with Gasteiger partial charge in [-0.2, -0.15) is 0 Å². The van der Waals surface area contributed by atoms with Gasteiger partial charge in [-0.05, 0) is 59.6 Å². The van der Waals surface area contributed by atoms with Crippen LogP contribution in [0, 0.1) is 17.0 Å². The van der Waals surface area contributed by atoms with E-state index in [9.17, 15) is 10.1 Å². The summed E-state index contributed by atoms with van der Waals surface area (Å²) in [6, 6.07) is 13.3. The van der Waals surface area contributed by atoms with Gasteiger partial charge in [0.05, 0.1) is 18.2 Å². The van der Waals surface area contributed by atoms with Crippen molar-refractivity contribution >= 4 is 27.7 Å². The van der Waals surface area contributed by atoms with Crippen LogP contribution in [0.2, 0.25) is 0 Å². The van der Waals surface area contributed by atoms with E-state index in [0.29, 0.717) is 33.6 Å². The largest absolute Gasteiger partial charge is 0.492 e. The number of aromatic nitrogens is 3. The van der Waals surface area contributed by atoms with Gasteiger partial charge in [-0.15, -0.1) is 10.2 Å². The summed E-state index contributed by atoms with van der Waals surface area (Å²) in [7, 11) is 1.55. The van der Waals surface area contributed by atoms with E-state index < -0.39 is 5.25 Å². The Morgan fingerprint density at radius 2 is 2.00 bits per heavy atom. The maximum absolute atomic E-state index is 11.4. The molecule has 30 heavy (non-hydrogen) atoms. The molecule has 2 aromatic carbocycles. The molecule has 3 rings (SSSR count). The van der Waals surface area contributed by atoms with Gasteiger partial charge >= 0.3 is 0 Å². The van der Waals surface area contributed by atoms with Crippen molar-refractivity contribution < 1.29 is 14.4 Å². The maximum Gasteiger partial charge on any atom is 0.220 e. The lowest BCUT2D eigenvalue weighted by atomic mass is 10.1. The van der Waals surface area contributed by atoms with Crippen LogP contribution >= 0.6 is 27.7 Å². The van der Waals surface area contributed by atoms with Gasteiger partial charge in [-0.1, -0.05) is 30.0 Å². The SMILES string of the molecule is CCOc1cc([C@@H](C[N+](=O)[O-])Sc2nnc(C)n2-c2ccccc2)cc(Br)c1OC. The van der Waals surface area contributed by atoms with Gasteiger partial charge in [-0.3, -0.25) is 14.7 Å². The summed E-state index contributed by atoms with van der Waals surface area (Å²) >= 11 is 4.78. The quantitative estimate of drug-likeness (QED) is 0.239. The lowest BCUT2D eigenvalue weighted by Crippen LogP contribution is -2.12.